The van der Waals surface area contributed by atoms with E-state index in [9.17, 15) is 14.7 Å². The summed E-state index contributed by atoms with van der Waals surface area (Å²) in [4.78, 5) is 26.9. The predicted molar refractivity (Wildman–Crippen MR) is 94.6 cm³/mol. The van der Waals surface area contributed by atoms with Gasteiger partial charge < -0.3 is 15.5 Å². The lowest BCUT2D eigenvalue weighted by Crippen LogP contribution is -2.24. The van der Waals surface area contributed by atoms with Crippen molar-refractivity contribution < 1.29 is 19.8 Å². The summed E-state index contributed by atoms with van der Waals surface area (Å²) in [6, 6.07) is 11.1. The maximum absolute atomic E-state index is 12.1. The number of nitrogens with one attached hydrogen (secondary N) is 1. The molecule has 128 valence electrons. The van der Waals surface area contributed by atoms with Crippen LogP contribution in [0.5, 0.6) is 5.75 Å². The van der Waals surface area contributed by atoms with Gasteiger partial charge in [0.2, 0.25) is 5.91 Å². The van der Waals surface area contributed by atoms with Crippen molar-refractivity contribution in [2.45, 2.75) is 19.4 Å². The number of benzene rings is 2. The number of carboxylic acid groups (broad SMARTS) is 1. The molecule has 0 aliphatic rings. The zero-order valence-electron chi connectivity index (χ0n) is 13.2. The van der Waals surface area contributed by atoms with Crippen molar-refractivity contribution in [1.29, 1.82) is 0 Å². The number of fused-ring (bicyclic) bond motifs is 1. The molecule has 0 radical (unpaired) electrons. The van der Waals surface area contributed by atoms with Crippen LogP contribution in [0, 0.1) is 0 Å². The second-order valence-electron chi connectivity index (χ2n) is 5.54. The van der Waals surface area contributed by atoms with Crippen molar-refractivity contribution in [2.75, 3.05) is 0 Å². The van der Waals surface area contributed by atoms with E-state index in [2.05, 4.69) is 10.3 Å². The van der Waals surface area contributed by atoms with Gasteiger partial charge in [-0.05, 0) is 16.8 Å². The molecule has 3 aromatic rings. The Morgan fingerprint density at radius 3 is 2.72 bits per heavy atom. The molecule has 7 heteroatoms. The summed E-state index contributed by atoms with van der Waals surface area (Å²) >= 11 is 1.26. The Hall–Kier alpha value is -2.93. The number of aromatic hydroxyl groups is 1. The fourth-order valence-electron chi connectivity index (χ4n) is 2.56. The van der Waals surface area contributed by atoms with Gasteiger partial charge >= 0.3 is 5.97 Å². The third kappa shape index (κ3) is 4.13. The minimum atomic E-state index is -0.951. The largest absolute Gasteiger partial charge is 0.508 e. The quantitative estimate of drug-likeness (QED) is 0.630. The molecule has 0 spiro atoms. The monoisotopic (exact) mass is 356 g/mol. The van der Waals surface area contributed by atoms with Crippen LogP contribution in [0.4, 0.5) is 0 Å². The maximum atomic E-state index is 12.1. The van der Waals surface area contributed by atoms with Crippen molar-refractivity contribution in [1.82, 2.24) is 10.3 Å². The van der Waals surface area contributed by atoms with Crippen molar-refractivity contribution in [3.8, 4) is 5.75 Å². The number of aliphatic carboxylic acids is 1. The van der Waals surface area contributed by atoms with Crippen LogP contribution in [0.25, 0.3) is 10.8 Å². The molecular weight excluding hydrogens is 340 g/mol. The van der Waals surface area contributed by atoms with E-state index in [0.717, 1.165) is 10.8 Å². The summed E-state index contributed by atoms with van der Waals surface area (Å²) in [6.07, 6.45) is -0.0716. The summed E-state index contributed by atoms with van der Waals surface area (Å²) in [6.45, 7) is 0.208. The molecule has 1 heterocycles. The molecule has 0 aliphatic heterocycles. The average Bonchev–Trinajstić information content (AvgIpc) is 3.00. The van der Waals surface area contributed by atoms with Crippen LogP contribution >= 0.6 is 11.3 Å². The SMILES string of the molecule is O=C(O)Cc1csc(CC(=O)NCc2c(O)ccc3ccccc23)n1. The fourth-order valence-corrected chi connectivity index (χ4v) is 3.36. The second-order valence-corrected chi connectivity index (χ2v) is 6.48. The molecule has 0 saturated carbocycles. The molecule has 0 atom stereocenters. The predicted octanol–water partition coefficient (Wildman–Crippen LogP) is 2.49. The number of hydrogen-bond donors (Lipinski definition) is 3. The number of carboxylic acids is 1. The number of thiazole rings is 1. The van der Waals surface area contributed by atoms with Gasteiger partial charge in [-0.2, -0.15) is 0 Å². The minimum absolute atomic E-state index is 0.0792. The van der Waals surface area contributed by atoms with E-state index in [0.29, 0.717) is 16.3 Å². The molecule has 0 bridgehead atoms. The van der Waals surface area contributed by atoms with Gasteiger partial charge in [0, 0.05) is 17.5 Å². The van der Waals surface area contributed by atoms with Gasteiger partial charge in [0.25, 0.3) is 0 Å². The van der Waals surface area contributed by atoms with E-state index < -0.39 is 5.97 Å². The molecule has 1 amide bonds. The van der Waals surface area contributed by atoms with Gasteiger partial charge in [-0.3, -0.25) is 9.59 Å². The second kappa shape index (κ2) is 7.31. The molecule has 0 aliphatic carbocycles. The zero-order chi connectivity index (χ0) is 17.8. The Morgan fingerprint density at radius 2 is 1.92 bits per heavy atom. The lowest BCUT2D eigenvalue weighted by molar-refractivity contribution is -0.136. The highest BCUT2D eigenvalue weighted by Gasteiger charge is 2.12. The van der Waals surface area contributed by atoms with Crippen LogP contribution in [0.15, 0.2) is 41.8 Å². The fraction of sp³-hybridized carbons (Fsp3) is 0.167. The van der Waals surface area contributed by atoms with Crippen LogP contribution in [-0.4, -0.2) is 27.1 Å². The van der Waals surface area contributed by atoms with Gasteiger partial charge in [-0.15, -0.1) is 11.3 Å². The van der Waals surface area contributed by atoms with E-state index in [4.69, 9.17) is 5.11 Å². The summed E-state index contributed by atoms with van der Waals surface area (Å²) in [7, 11) is 0. The Bertz CT molecular complexity index is 936. The molecule has 6 nitrogen and oxygen atoms in total. The zero-order valence-corrected chi connectivity index (χ0v) is 14.0. The van der Waals surface area contributed by atoms with Gasteiger partial charge in [-0.25, -0.2) is 4.98 Å². The first kappa shape index (κ1) is 16.9. The van der Waals surface area contributed by atoms with Crippen LogP contribution in [0.1, 0.15) is 16.3 Å². The Morgan fingerprint density at radius 1 is 1.12 bits per heavy atom. The molecule has 0 unspecified atom stereocenters. The first-order chi connectivity index (χ1) is 12.0. The number of phenols is 1. The normalized spacial score (nSPS) is 10.7. The molecule has 0 saturated heterocycles. The number of nitrogens with zero attached hydrogens (tertiary/aromatic N) is 1. The van der Waals surface area contributed by atoms with E-state index in [1.165, 1.54) is 11.3 Å². The smallest absolute Gasteiger partial charge is 0.309 e. The van der Waals surface area contributed by atoms with Crippen LogP contribution in [0.3, 0.4) is 0 Å². The number of carbonyl (C=O) groups is 2. The van der Waals surface area contributed by atoms with Gasteiger partial charge in [0.15, 0.2) is 0 Å². The number of rotatable bonds is 6. The van der Waals surface area contributed by atoms with Gasteiger partial charge in [0.1, 0.15) is 10.8 Å². The van der Waals surface area contributed by atoms with Crippen LogP contribution in [-0.2, 0) is 29.0 Å². The minimum Gasteiger partial charge on any atom is -0.508 e. The number of hydrogen-bond acceptors (Lipinski definition) is 5. The summed E-state index contributed by atoms with van der Waals surface area (Å²) in [5.41, 5.74) is 1.11. The lowest BCUT2D eigenvalue weighted by Gasteiger charge is -2.10. The molecule has 0 fully saturated rings. The van der Waals surface area contributed by atoms with E-state index in [-0.39, 0.29) is 31.0 Å². The van der Waals surface area contributed by atoms with Crippen molar-refractivity contribution in [2.24, 2.45) is 0 Å². The van der Waals surface area contributed by atoms with Crippen molar-refractivity contribution in [3.63, 3.8) is 0 Å². The van der Waals surface area contributed by atoms with Crippen LogP contribution in [0.2, 0.25) is 0 Å². The Kier molecular flexibility index (Phi) is 4.95. The van der Waals surface area contributed by atoms with Gasteiger partial charge in [0.05, 0.1) is 18.5 Å². The highest BCUT2D eigenvalue weighted by molar-refractivity contribution is 7.09. The van der Waals surface area contributed by atoms with Crippen molar-refractivity contribution >= 4 is 34.0 Å². The first-order valence-electron chi connectivity index (χ1n) is 7.64. The summed E-state index contributed by atoms with van der Waals surface area (Å²) in [5.74, 6) is -1.05. The van der Waals surface area contributed by atoms with Gasteiger partial charge in [-0.1, -0.05) is 30.3 Å². The number of aromatic nitrogens is 1. The lowest BCUT2D eigenvalue weighted by atomic mass is 10.0. The third-order valence-electron chi connectivity index (χ3n) is 3.72. The number of carbonyl (C=O) groups excluding carboxylic acids is 1. The molecule has 1 aromatic heterocycles. The van der Waals surface area contributed by atoms with Crippen LogP contribution < -0.4 is 5.32 Å². The van der Waals surface area contributed by atoms with E-state index in [1.54, 1.807) is 11.4 Å². The first-order valence-corrected chi connectivity index (χ1v) is 8.52. The number of amides is 1. The summed E-state index contributed by atoms with van der Waals surface area (Å²) in [5, 5.41) is 25.7. The third-order valence-corrected chi connectivity index (χ3v) is 4.62. The van der Waals surface area contributed by atoms with E-state index in [1.807, 2.05) is 30.3 Å². The topological polar surface area (TPSA) is 99.5 Å². The van der Waals surface area contributed by atoms with Crippen molar-refractivity contribution in [3.05, 3.63) is 58.0 Å². The molecule has 25 heavy (non-hydrogen) atoms. The molecule has 3 N–H and O–H groups in total. The molecule has 3 rings (SSSR count). The number of phenolic OH excluding ortho intramolecular Hbond substituents is 1. The Balaban J connectivity index is 1.66. The summed E-state index contributed by atoms with van der Waals surface area (Å²) < 4.78 is 0. The highest BCUT2D eigenvalue weighted by Crippen LogP contribution is 2.26. The highest BCUT2D eigenvalue weighted by atomic mass is 32.1. The molecule has 2 aromatic carbocycles. The van der Waals surface area contributed by atoms with E-state index >= 15 is 0 Å². The molecular formula is C18H16N2O4S. The average molecular weight is 356 g/mol. The Labute approximate surface area is 147 Å². The maximum Gasteiger partial charge on any atom is 0.309 e. The standard InChI is InChI=1S/C18H16N2O4S/c21-15-6-5-11-3-1-2-4-13(11)14(15)9-19-16(22)8-17-20-12(10-25-17)7-18(23)24/h1-6,10,21H,7-9H2,(H,19,22)(H,23,24).